The largest absolute Gasteiger partial charge is 0.451 e. The molecule has 0 aliphatic heterocycles. The fraction of sp³-hybridized carbons (Fsp3) is 0.0417. The van der Waals surface area contributed by atoms with Gasteiger partial charge in [-0.15, -0.1) is 0 Å². The van der Waals surface area contributed by atoms with Crippen LogP contribution in [0.1, 0.15) is 15.9 Å². The molecular weight excluding hydrogens is 444 g/mol. The molecule has 1 atom stereocenters. The smallest absolute Gasteiger partial charge is 0.316 e. The molecule has 1 heterocycles. The molecule has 8 heteroatoms. The van der Waals surface area contributed by atoms with Crippen LogP contribution in [0, 0.1) is 6.92 Å². The number of nitrogens with zero attached hydrogens (tertiary/aromatic N) is 2. The second kappa shape index (κ2) is 8.92. The third-order valence-electron chi connectivity index (χ3n) is 4.98. The van der Waals surface area contributed by atoms with Crippen molar-refractivity contribution in [3.63, 3.8) is 0 Å². The first-order valence-electron chi connectivity index (χ1n) is 9.76. The van der Waals surface area contributed by atoms with Crippen LogP contribution in [0.15, 0.2) is 84.2 Å². The second-order valence-corrected chi connectivity index (χ2v) is 8.45. The molecular formula is C24H20ClN4O2S+. The van der Waals surface area contributed by atoms with Crippen LogP contribution in [-0.4, -0.2) is 16.9 Å². The number of amides is 3. The minimum atomic E-state index is -0.804. The van der Waals surface area contributed by atoms with E-state index in [-0.39, 0.29) is 0 Å². The lowest BCUT2D eigenvalue weighted by Crippen LogP contribution is -2.63. The number of benzene rings is 3. The third-order valence-corrected chi connectivity index (χ3v) is 6.15. The summed E-state index contributed by atoms with van der Waals surface area (Å²) in [5, 5.41) is 2.62. The van der Waals surface area contributed by atoms with Gasteiger partial charge in [-0.25, -0.2) is 4.79 Å². The molecule has 4 rings (SSSR count). The third kappa shape index (κ3) is 4.13. The number of thiazole rings is 1. The van der Waals surface area contributed by atoms with Gasteiger partial charge >= 0.3 is 11.2 Å². The van der Waals surface area contributed by atoms with Crippen molar-refractivity contribution in [3.8, 4) is 11.3 Å². The Morgan fingerprint density at radius 1 is 0.969 bits per heavy atom. The number of aromatic nitrogens is 1. The van der Waals surface area contributed by atoms with Gasteiger partial charge in [0, 0.05) is 33.7 Å². The quantitative estimate of drug-likeness (QED) is 0.294. The number of aryl methyl sites for hydroxylation is 1. The van der Waals surface area contributed by atoms with E-state index in [0.29, 0.717) is 27.1 Å². The number of urea groups is 1. The predicted octanol–water partition coefficient (Wildman–Crippen LogP) is 5.83. The minimum absolute atomic E-state index is 0.305. The van der Waals surface area contributed by atoms with Gasteiger partial charge in [-0.2, -0.15) is 10.4 Å². The zero-order valence-corrected chi connectivity index (χ0v) is 18.7. The van der Waals surface area contributed by atoms with E-state index in [1.165, 1.54) is 11.3 Å². The average molecular weight is 464 g/mol. The Kier molecular flexibility index (Phi) is 6.05. The van der Waals surface area contributed by atoms with E-state index in [2.05, 4.69) is 10.4 Å². The fourth-order valence-corrected chi connectivity index (χ4v) is 4.33. The molecule has 3 N–H and O–H groups in total. The summed E-state index contributed by atoms with van der Waals surface area (Å²) < 4.78 is -0.776. The summed E-state index contributed by atoms with van der Waals surface area (Å²) in [4.78, 5) is 30.8. The lowest BCUT2D eigenvalue weighted by molar-refractivity contribution is 0.0881. The minimum Gasteiger partial charge on any atom is -0.316 e. The van der Waals surface area contributed by atoms with Crippen LogP contribution in [0.5, 0.6) is 0 Å². The van der Waals surface area contributed by atoms with Gasteiger partial charge in [0.15, 0.2) is 5.69 Å². The first kappa shape index (κ1) is 21.7. The first-order chi connectivity index (χ1) is 15.4. The molecule has 1 aromatic heterocycles. The Bertz CT molecular complexity index is 1260. The average Bonchev–Trinajstić information content (AvgIpc) is 3.29. The molecule has 1 unspecified atom stereocenters. The summed E-state index contributed by atoms with van der Waals surface area (Å²) in [5.41, 5.74) is 12.1. The van der Waals surface area contributed by atoms with Crippen LogP contribution in [0.25, 0.3) is 11.3 Å². The van der Waals surface area contributed by atoms with E-state index in [0.717, 1.165) is 11.1 Å². The van der Waals surface area contributed by atoms with Crippen LogP contribution in [0.3, 0.4) is 0 Å². The van der Waals surface area contributed by atoms with Crippen molar-refractivity contribution in [2.24, 2.45) is 5.73 Å². The number of primary amides is 1. The Morgan fingerprint density at radius 2 is 1.62 bits per heavy atom. The number of nitrogens with two attached hydrogens (primary N) is 1. The number of hydrogen-bond donors (Lipinski definition) is 2. The molecule has 32 heavy (non-hydrogen) atoms. The van der Waals surface area contributed by atoms with Crippen molar-refractivity contribution < 1.29 is 9.59 Å². The van der Waals surface area contributed by atoms with Gasteiger partial charge in [0.2, 0.25) is 0 Å². The molecule has 0 radical (unpaired) electrons. The van der Waals surface area contributed by atoms with Gasteiger partial charge in [0.25, 0.3) is 5.91 Å². The molecule has 0 saturated carbocycles. The highest BCUT2D eigenvalue weighted by Crippen LogP contribution is 2.38. The van der Waals surface area contributed by atoms with Crippen LogP contribution < -0.4 is 15.8 Å². The predicted molar refractivity (Wildman–Crippen MR) is 129 cm³/mol. The van der Waals surface area contributed by atoms with E-state index >= 15 is 0 Å². The van der Waals surface area contributed by atoms with Crippen LogP contribution >= 0.6 is 22.9 Å². The highest BCUT2D eigenvalue weighted by Gasteiger charge is 2.46. The number of rotatable bonds is 4. The van der Waals surface area contributed by atoms with E-state index in [1.54, 1.807) is 36.4 Å². The number of nitrogens with one attached hydrogen (secondary N) is 1. The van der Waals surface area contributed by atoms with E-state index in [1.807, 2.05) is 54.8 Å². The highest BCUT2D eigenvalue weighted by atomic mass is 35.5. The lowest BCUT2D eigenvalue weighted by Gasteiger charge is -2.29. The van der Waals surface area contributed by atoms with Gasteiger partial charge < -0.3 is 5.73 Å². The maximum Gasteiger partial charge on any atom is 0.451 e. The zero-order chi connectivity index (χ0) is 22.7. The molecule has 0 spiro atoms. The van der Waals surface area contributed by atoms with Gasteiger partial charge in [-0.05, 0) is 35.8 Å². The van der Waals surface area contributed by atoms with Crippen LogP contribution in [-0.2, 0) is 0 Å². The number of carbonyl (C=O) groups excluding carboxylic acids is 2. The topological polar surface area (TPSA) is 85.1 Å². The maximum absolute atomic E-state index is 13.2. The summed E-state index contributed by atoms with van der Waals surface area (Å²) >= 11 is 7.30. The highest BCUT2D eigenvalue weighted by molar-refractivity contribution is 7.14. The maximum atomic E-state index is 13.2. The molecule has 160 valence electrons. The van der Waals surface area contributed by atoms with Crippen LogP contribution in [0.4, 0.5) is 15.6 Å². The molecule has 4 aromatic rings. The molecule has 0 aliphatic rings. The number of hydrogen-bond acceptors (Lipinski definition) is 4. The van der Waals surface area contributed by atoms with Gasteiger partial charge in [-0.3, -0.25) is 4.79 Å². The van der Waals surface area contributed by atoms with Crippen molar-refractivity contribution in [3.05, 3.63) is 100 Å². The lowest BCUT2D eigenvalue weighted by atomic mass is 10.1. The second-order valence-electron chi connectivity index (χ2n) is 7.17. The SMILES string of the molecule is Cc1ccc(C(=O)N[N+](C(N)=O)(c2ccc(Cl)cc2)c2nc(-c3ccccc3)cs2)cc1. The Morgan fingerprint density at radius 3 is 2.25 bits per heavy atom. The molecule has 0 fully saturated rings. The fourth-order valence-electron chi connectivity index (χ4n) is 3.25. The van der Waals surface area contributed by atoms with Crippen molar-refractivity contribution in [2.45, 2.75) is 6.92 Å². The molecule has 0 aliphatic carbocycles. The summed E-state index contributed by atoms with van der Waals surface area (Å²) in [6.07, 6.45) is 0. The van der Waals surface area contributed by atoms with Gasteiger partial charge in [-0.1, -0.05) is 71.0 Å². The van der Waals surface area contributed by atoms with Crippen molar-refractivity contribution in [1.82, 2.24) is 15.0 Å². The Balaban J connectivity index is 1.85. The number of carbonyl (C=O) groups is 2. The molecule has 3 amide bonds. The summed E-state index contributed by atoms with van der Waals surface area (Å²) in [7, 11) is 0. The first-order valence-corrected chi connectivity index (χ1v) is 11.0. The van der Waals surface area contributed by atoms with Gasteiger partial charge in [0.1, 0.15) is 0 Å². The van der Waals surface area contributed by atoms with Crippen LogP contribution in [0.2, 0.25) is 5.02 Å². The van der Waals surface area contributed by atoms with E-state index in [9.17, 15) is 9.59 Å². The normalized spacial score (nSPS) is 12.7. The molecule has 3 aromatic carbocycles. The monoisotopic (exact) mass is 463 g/mol. The number of quaternary nitrogens is 1. The Labute approximate surface area is 194 Å². The molecule has 0 bridgehead atoms. The van der Waals surface area contributed by atoms with Crippen molar-refractivity contribution in [1.29, 1.82) is 0 Å². The standard InChI is InChI=1S/C24H19ClN4O2S/c1-16-7-9-18(10-8-16)22(30)28-29(23(26)31,20-13-11-19(25)12-14-20)24-27-21(15-32-24)17-5-3-2-4-6-17/h2-15H,1H3,(H2-,26,28,30,31)/p+1. The number of halogens is 1. The summed E-state index contributed by atoms with van der Waals surface area (Å²) in [6.45, 7) is 1.93. The summed E-state index contributed by atoms with van der Waals surface area (Å²) in [6, 6.07) is 22.4. The Hall–Kier alpha value is -3.52. The van der Waals surface area contributed by atoms with E-state index < -0.39 is 16.5 Å². The molecule has 0 saturated heterocycles. The summed E-state index contributed by atoms with van der Waals surface area (Å²) in [5.74, 6) is -0.463. The van der Waals surface area contributed by atoms with E-state index in [4.69, 9.17) is 17.3 Å². The molecule has 6 nitrogen and oxygen atoms in total. The zero-order valence-electron chi connectivity index (χ0n) is 17.2. The van der Waals surface area contributed by atoms with Crippen molar-refractivity contribution >= 4 is 45.7 Å². The van der Waals surface area contributed by atoms with Gasteiger partial charge in [0.05, 0.1) is 5.69 Å². The van der Waals surface area contributed by atoms with Crippen molar-refractivity contribution in [2.75, 3.05) is 0 Å².